The normalized spacial score (nSPS) is 18.7. The molecule has 0 spiro atoms. The molecule has 8 heteroatoms. The molecule has 2 heterocycles. The first kappa shape index (κ1) is 22.1. The molecule has 1 atom stereocenters. The number of hydrogen-bond acceptors (Lipinski definition) is 4. The summed E-state index contributed by atoms with van der Waals surface area (Å²) < 4.78 is 2.08. The Morgan fingerprint density at radius 2 is 2.00 bits per heavy atom. The average molecular weight is 463 g/mol. The van der Waals surface area contributed by atoms with E-state index in [4.69, 9.17) is 0 Å². The van der Waals surface area contributed by atoms with Crippen LogP contribution in [0.1, 0.15) is 45.4 Å². The molecule has 0 aliphatic carbocycles. The Kier molecular flexibility index (Phi) is 11.0. The summed E-state index contributed by atoms with van der Waals surface area (Å²) in [5.41, 5.74) is 0. The summed E-state index contributed by atoms with van der Waals surface area (Å²) in [7, 11) is 1.82. The van der Waals surface area contributed by atoms with Crippen LogP contribution in [0.5, 0.6) is 0 Å². The third kappa shape index (κ3) is 7.08. The van der Waals surface area contributed by atoms with Gasteiger partial charge in [-0.15, -0.1) is 34.2 Å². The van der Waals surface area contributed by atoms with Crippen molar-refractivity contribution in [3.8, 4) is 0 Å². The fourth-order valence-electron chi connectivity index (χ4n) is 3.39. The highest BCUT2D eigenvalue weighted by atomic mass is 127. The Bertz CT molecular complexity index is 503. The van der Waals surface area contributed by atoms with E-state index in [0.717, 1.165) is 50.4 Å². The number of guanidine groups is 1. The molecule has 0 aromatic carbocycles. The Morgan fingerprint density at radius 1 is 1.24 bits per heavy atom. The number of piperidine rings is 1. The van der Waals surface area contributed by atoms with Crippen LogP contribution in [0, 0.1) is 0 Å². The molecule has 1 unspecified atom stereocenters. The van der Waals surface area contributed by atoms with Gasteiger partial charge in [-0.3, -0.25) is 9.89 Å². The Balaban J connectivity index is 0.00000312. The molecule has 1 fully saturated rings. The number of aliphatic imine (C=N–C) groups is 1. The minimum atomic E-state index is 0. The van der Waals surface area contributed by atoms with Crippen LogP contribution in [0.3, 0.4) is 0 Å². The molecule has 1 aromatic rings. The fraction of sp³-hybridized carbons (Fsp3) is 0.824. The molecule has 0 saturated carbocycles. The van der Waals surface area contributed by atoms with Gasteiger partial charge in [-0.1, -0.05) is 20.3 Å². The average Bonchev–Trinajstić information content (AvgIpc) is 3.08. The van der Waals surface area contributed by atoms with Gasteiger partial charge < -0.3 is 15.2 Å². The second-order valence-electron chi connectivity index (χ2n) is 6.31. The lowest BCUT2D eigenvalue weighted by Crippen LogP contribution is -2.46. The zero-order valence-electron chi connectivity index (χ0n) is 15.9. The standard InChI is InChI=1S/C17H33N7.HI/c1-4-15-8-6-7-11-23(15)12-9-19-17(18-3)20-10-13-24-14-21-22-16(24)5-2;/h14-15H,4-13H2,1-3H3,(H2,18,19,20);1H. The number of aromatic nitrogens is 3. The maximum absolute atomic E-state index is 4.31. The number of nitrogens with one attached hydrogen (secondary N) is 2. The van der Waals surface area contributed by atoms with E-state index in [0.29, 0.717) is 0 Å². The first-order chi connectivity index (χ1) is 11.8. The van der Waals surface area contributed by atoms with E-state index in [1.54, 1.807) is 6.33 Å². The van der Waals surface area contributed by atoms with Gasteiger partial charge in [0.2, 0.25) is 0 Å². The van der Waals surface area contributed by atoms with Gasteiger partial charge in [-0.25, -0.2) is 0 Å². The summed E-state index contributed by atoms with van der Waals surface area (Å²) in [6.07, 6.45) is 8.02. The van der Waals surface area contributed by atoms with E-state index in [9.17, 15) is 0 Å². The molecule has 2 rings (SSSR count). The minimum absolute atomic E-state index is 0. The number of likely N-dealkylation sites (tertiary alicyclic amines) is 1. The smallest absolute Gasteiger partial charge is 0.191 e. The van der Waals surface area contributed by atoms with Crippen LogP contribution in [-0.2, 0) is 13.0 Å². The minimum Gasteiger partial charge on any atom is -0.355 e. The van der Waals surface area contributed by atoms with Crippen molar-refractivity contribution in [1.29, 1.82) is 0 Å². The van der Waals surface area contributed by atoms with Gasteiger partial charge in [0.15, 0.2) is 5.96 Å². The van der Waals surface area contributed by atoms with Gasteiger partial charge in [-0.2, -0.15) is 0 Å². The van der Waals surface area contributed by atoms with Crippen LogP contribution in [0.4, 0.5) is 0 Å². The summed E-state index contributed by atoms with van der Waals surface area (Å²) in [6, 6.07) is 0.761. The summed E-state index contributed by atoms with van der Waals surface area (Å²) in [6.45, 7) is 9.31. The molecule has 1 aliphatic rings. The highest BCUT2D eigenvalue weighted by Gasteiger charge is 2.19. The molecule has 2 N–H and O–H groups in total. The second-order valence-corrected chi connectivity index (χ2v) is 6.31. The SMILES string of the molecule is CCc1nncn1CCNC(=NC)NCCN1CCCCC1CC.I. The lowest BCUT2D eigenvalue weighted by atomic mass is 10.0. The lowest BCUT2D eigenvalue weighted by molar-refractivity contribution is 0.147. The van der Waals surface area contributed by atoms with Crippen molar-refractivity contribution in [2.45, 2.75) is 58.5 Å². The number of nitrogens with zero attached hydrogens (tertiary/aromatic N) is 5. The zero-order valence-corrected chi connectivity index (χ0v) is 18.2. The molecule has 0 bridgehead atoms. The van der Waals surface area contributed by atoms with Crippen LogP contribution in [0.2, 0.25) is 0 Å². The summed E-state index contributed by atoms with van der Waals surface area (Å²) in [5, 5.41) is 14.9. The van der Waals surface area contributed by atoms with Gasteiger partial charge >= 0.3 is 0 Å². The van der Waals surface area contributed by atoms with Crippen LogP contribution in [0.25, 0.3) is 0 Å². The third-order valence-corrected chi connectivity index (χ3v) is 4.79. The van der Waals surface area contributed by atoms with Crippen molar-refractivity contribution in [3.63, 3.8) is 0 Å². The molecule has 1 aliphatic heterocycles. The quantitative estimate of drug-likeness (QED) is 0.350. The van der Waals surface area contributed by atoms with Gasteiger partial charge in [0.05, 0.1) is 0 Å². The largest absolute Gasteiger partial charge is 0.355 e. The number of hydrogen-bond donors (Lipinski definition) is 2. The Hall–Kier alpha value is -0.900. The maximum Gasteiger partial charge on any atom is 0.191 e. The van der Waals surface area contributed by atoms with Crippen LogP contribution < -0.4 is 10.6 Å². The monoisotopic (exact) mass is 463 g/mol. The zero-order chi connectivity index (χ0) is 17.2. The summed E-state index contributed by atoms with van der Waals surface area (Å²) in [5.74, 6) is 1.89. The predicted octanol–water partition coefficient (Wildman–Crippen LogP) is 1.89. The Morgan fingerprint density at radius 3 is 2.68 bits per heavy atom. The van der Waals surface area contributed by atoms with E-state index in [-0.39, 0.29) is 24.0 Å². The fourth-order valence-corrected chi connectivity index (χ4v) is 3.39. The van der Waals surface area contributed by atoms with Crippen molar-refractivity contribution in [3.05, 3.63) is 12.2 Å². The van der Waals surface area contributed by atoms with E-state index in [2.05, 4.69) is 49.1 Å². The predicted molar refractivity (Wildman–Crippen MR) is 114 cm³/mol. The van der Waals surface area contributed by atoms with E-state index >= 15 is 0 Å². The van der Waals surface area contributed by atoms with Gasteiger partial charge in [0.25, 0.3) is 0 Å². The molecular formula is C17H34IN7. The molecular weight excluding hydrogens is 429 g/mol. The van der Waals surface area contributed by atoms with Gasteiger partial charge in [0, 0.05) is 45.7 Å². The molecule has 0 radical (unpaired) electrons. The first-order valence-electron chi connectivity index (χ1n) is 9.33. The van der Waals surface area contributed by atoms with Gasteiger partial charge in [-0.05, 0) is 25.8 Å². The molecule has 144 valence electrons. The highest BCUT2D eigenvalue weighted by Crippen LogP contribution is 2.18. The Labute approximate surface area is 169 Å². The topological polar surface area (TPSA) is 70.4 Å². The van der Waals surface area contributed by atoms with Crippen molar-refractivity contribution >= 4 is 29.9 Å². The lowest BCUT2D eigenvalue weighted by Gasteiger charge is -2.35. The summed E-state index contributed by atoms with van der Waals surface area (Å²) >= 11 is 0. The van der Waals surface area contributed by atoms with Crippen molar-refractivity contribution in [2.75, 3.05) is 33.2 Å². The number of halogens is 1. The second kappa shape index (κ2) is 12.5. The molecule has 7 nitrogen and oxygen atoms in total. The third-order valence-electron chi connectivity index (χ3n) is 4.79. The van der Waals surface area contributed by atoms with Crippen molar-refractivity contribution < 1.29 is 0 Å². The number of aryl methyl sites for hydroxylation is 1. The van der Waals surface area contributed by atoms with Crippen LogP contribution in [-0.4, -0.2) is 64.9 Å². The highest BCUT2D eigenvalue weighted by molar-refractivity contribution is 14.0. The van der Waals surface area contributed by atoms with E-state index in [1.165, 1.54) is 32.2 Å². The molecule has 25 heavy (non-hydrogen) atoms. The number of rotatable bonds is 8. The molecule has 1 aromatic heterocycles. The molecule has 1 saturated heterocycles. The van der Waals surface area contributed by atoms with Crippen LogP contribution in [0.15, 0.2) is 11.3 Å². The van der Waals surface area contributed by atoms with E-state index < -0.39 is 0 Å². The summed E-state index contributed by atoms with van der Waals surface area (Å²) in [4.78, 5) is 6.93. The van der Waals surface area contributed by atoms with E-state index in [1.807, 2.05) is 7.05 Å². The first-order valence-corrected chi connectivity index (χ1v) is 9.33. The maximum atomic E-state index is 4.31. The van der Waals surface area contributed by atoms with Crippen molar-refractivity contribution in [2.24, 2.45) is 4.99 Å². The van der Waals surface area contributed by atoms with Crippen molar-refractivity contribution in [1.82, 2.24) is 30.3 Å². The van der Waals surface area contributed by atoms with Gasteiger partial charge in [0.1, 0.15) is 12.2 Å². The molecule has 0 amide bonds. The van der Waals surface area contributed by atoms with Crippen LogP contribution >= 0.6 is 24.0 Å².